The van der Waals surface area contributed by atoms with Crippen LogP contribution in [-0.2, 0) is 9.47 Å². The fraction of sp³-hybridized carbons (Fsp3) is 1.00. The van der Waals surface area contributed by atoms with Crippen LogP contribution in [0.15, 0.2) is 0 Å². The Balaban J connectivity index is 0.00000169. The van der Waals surface area contributed by atoms with Gasteiger partial charge in [0.25, 0.3) is 0 Å². The van der Waals surface area contributed by atoms with Crippen molar-refractivity contribution in [3.63, 3.8) is 0 Å². The summed E-state index contributed by atoms with van der Waals surface area (Å²) in [6.45, 7) is -0.384. The summed E-state index contributed by atoms with van der Waals surface area (Å²) in [5.74, 6) is 0. The van der Waals surface area contributed by atoms with Crippen molar-refractivity contribution in [2.75, 3.05) is 13.7 Å². The number of halogens is 1. The fourth-order valence-electron chi connectivity index (χ4n) is 1.40. The summed E-state index contributed by atoms with van der Waals surface area (Å²) >= 11 is 0. The van der Waals surface area contributed by atoms with Crippen LogP contribution < -0.4 is 5.73 Å². The lowest BCUT2D eigenvalue weighted by molar-refractivity contribution is -0.253. The Kier molecular flexibility index (Phi) is 5.84. The Labute approximate surface area is 88.0 Å². The van der Waals surface area contributed by atoms with Crippen molar-refractivity contribution in [1.29, 1.82) is 0 Å². The van der Waals surface area contributed by atoms with Gasteiger partial charge in [0, 0.05) is 7.11 Å². The summed E-state index contributed by atoms with van der Waals surface area (Å²) in [6.07, 6.45) is -3.81. The van der Waals surface area contributed by atoms with E-state index in [0.29, 0.717) is 0 Å². The van der Waals surface area contributed by atoms with Crippen molar-refractivity contribution < 1.29 is 24.8 Å². The van der Waals surface area contributed by atoms with Gasteiger partial charge in [-0.2, -0.15) is 0 Å². The molecule has 0 radical (unpaired) electrons. The van der Waals surface area contributed by atoms with Gasteiger partial charge in [0.2, 0.25) is 0 Å². The molecule has 0 bridgehead atoms. The lowest BCUT2D eigenvalue weighted by atomic mass is 9.98. The molecule has 0 amide bonds. The third kappa shape index (κ3) is 2.54. The number of aliphatic hydroxyl groups is 3. The average molecular weight is 230 g/mol. The van der Waals surface area contributed by atoms with Gasteiger partial charge in [-0.25, -0.2) is 0 Å². The number of rotatable bonds is 2. The van der Waals surface area contributed by atoms with E-state index in [1.807, 2.05) is 0 Å². The second kappa shape index (κ2) is 5.82. The zero-order valence-corrected chi connectivity index (χ0v) is 8.55. The first kappa shape index (κ1) is 14.1. The molecule has 0 spiro atoms. The number of ether oxygens (including phenoxy) is 2. The zero-order valence-electron chi connectivity index (χ0n) is 7.74. The molecule has 0 aromatic rings. The van der Waals surface area contributed by atoms with E-state index in [1.165, 1.54) is 7.11 Å². The molecular weight excluding hydrogens is 214 g/mol. The lowest BCUT2D eigenvalue weighted by Crippen LogP contribution is -2.62. The van der Waals surface area contributed by atoms with E-state index < -0.39 is 30.6 Å². The van der Waals surface area contributed by atoms with Crippen LogP contribution in [0.1, 0.15) is 0 Å². The second-order valence-corrected chi connectivity index (χ2v) is 3.02. The largest absolute Gasteiger partial charge is 0.394 e. The molecule has 0 aromatic heterocycles. The van der Waals surface area contributed by atoms with Gasteiger partial charge in [0.05, 0.1) is 12.6 Å². The van der Waals surface area contributed by atoms with E-state index in [4.69, 9.17) is 20.3 Å². The standard InChI is InChI=1S/C7H15NO5.ClH/c1-12-6-4(8)7(11)13-3(2-9)5(6)10;/h3-7,9-11H,2,8H2,1H3;1H/t3-,4+,5-,6-,7?;/m1./s1. The molecule has 1 saturated heterocycles. The molecule has 1 heterocycles. The van der Waals surface area contributed by atoms with Crippen molar-refractivity contribution in [2.45, 2.75) is 30.6 Å². The third-order valence-corrected chi connectivity index (χ3v) is 2.19. The van der Waals surface area contributed by atoms with E-state index in [-0.39, 0.29) is 19.0 Å². The predicted octanol–water partition coefficient (Wildman–Crippen LogP) is -2.18. The summed E-state index contributed by atoms with van der Waals surface area (Å²) in [7, 11) is 1.38. The Bertz CT molecular complexity index is 172. The van der Waals surface area contributed by atoms with Crippen LogP contribution in [0.2, 0.25) is 0 Å². The molecule has 7 heteroatoms. The fourth-order valence-corrected chi connectivity index (χ4v) is 1.40. The minimum absolute atomic E-state index is 0. The van der Waals surface area contributed by atoms with Gasteiger partial charge >= 0.3 is 0 Å². The Morgan fingerprint density at radius 3 is 2.43 bits per heavy atom. The first-order chi connectivity index (χ1) is 6.11. The smallest absolute Gasteiger partial charge is 0.173 e. The van der Waals surface area contributed by atoms with E-state index in [0.717, 1.165) is 0 Å². The molecule has 1 rings (SSSR count). The van der Waals surface area contributed by atoms with Crippen molar-refractivity contribution in [2.24, 2.45) is 5.73 Å². The number of aliphatic hydroxyl groups excluding tert-OH is 3. The molecule has 1 fully saturated rings. The molecule has 5 N–H and O–H groups in total. The van der Waals surface area contributed by atoms with Gasteiger partial charge in [-0.1, -0.05) is 0 Å². The van der Waals surface area contributed by atoms with Crippen LogP contribution >= 0.6 is 12.4 Å². The zero-order chi connectivity index (χ0) is 10.0. The Morgan fingerprint density at radius 2 is 2.00 bits per heavy atom. The Hall–Kier alpha value is 0.0500. The topological polar surface area (TPSA) is 105 Å². The van der Waals surface area contributed by atoms with E-state index in [2.05, 4.69) is 0 Å². The minimum atomic E-state index is -1.22. The first-order valence-corrected chi connectivity index (χ1v) is 4.02. The van der Waals surface area contributed by atoms with Crippen LogP contribution in [0, 0.1) is 0 Å². The van der Waals surface area contributed by atoms with Gasteiger partial charge in [0.1, 0.15) is 18.3 Å². The highest BCUT2D eigenvalue weighted by atomic mass is 35.5. The molecule has 6 nitrogen and oxygen atoms in total. The summed E-state index contributed by atoms with van der Waals surface area (Å²) in [6, 6.07) is -0.803. The van der Waals surface area contributed by atoms with Crippen molar-refractivity contribution in [3.8, 4) is 0 Å². The third-order valence-electron chi connectivity index (χ3n) is 2.19. The highest BCUT2D eigenvalue weighted by Gasteiger charge is 2.42. The van der Waals surface area contributed by atoms with Crippen molar-refractivity contribution in [3.05, 3.63) is 0 Å². The molecule has 0 aromatic carbocycles. The van der Waals surface area contributed by atoms with Crippen LogP contribution in [0.4, 0.5) is 0 Å². The van der Waals surface area contributed by atoms with E-state index >= 15 is 0 Å². The number of nitrogens with two attached hydrogens (primary N) is 1. The van der Waals surface area contributed by atoms with Crippen LogP contribution in [0.3, 0.4) is 0 Å². The SMILES string of the molecule is CO[C@H]1[C@H](O)[C@@H](CO)OC(O)[C@H]1N.Cl. The quantitative estimate of drug-likeness (QED) is 0.429. The predicted molar refractivity (Wildman–Crippen MR) is 50.0 cm³/mol. The lowest BCUT2D eigenvalue weighted by Gasteiger charge is -2.39. The highest BCUT2D eigenvalue weighted by molar-refractivity contribution is 5.85. The monoisotopic (exact) mass is 229 g/mol. The molecule has 14 heavy (non-hydrogen) atoms. The van der Waals surface area contributed by atoms with E-state index in [1.54, 1.807) is 0 Å². The van der Waals surface area contributed by atoms with Gasteiger partial charge in [-0.05, 0) is 0 Å². The molecule has 86 valence electrons. The minimum Gasteiger partial charge on any atom is -0.394 e. The highest BCUT2D eigenvalue weighted by Crippen LogP contribution is 2.20. The number of hydrogen-bond donors (Lipinski definition) is 4. The maximum atomic E-state index is 9.52. The molecule has 0 aliphatic carbocycles. The van der Waals surface area contributed by atoms with Crippen LogP contribution in [-0.4, -0.2) is 59.7 Å². The van der Waals surface area contributed by atoms with Crippen LogP contribution in [0.5, 0.6) is 0 Å². The second-order valence-electron chi connectivity index (χ2n) is 3.02. The van der Waals surface area contributed by atoms with Gasteiger partial charge < -0.3 is 30.5 Å². The maximum Gasteiger partial charge on any atom is 0.173 e. The molecule has 5 atom stereocenters. The summed E-state index contributed by atoms with van der Waals surface area (Å²) < 4.78 is 9.73. The van der Waals surface area contributed by atoms with Crippen molar-refractivity contribution in [1.82, 2.24) is 0 Å². The van der Waals surface area contributed by atoms with Gasteiger partial charge in [-0.15, -0.1) is 12.4 Å². The van der Waals surface area contributed by atoms with Crippen molar-refractivity contribution >= 4 is 12.4 Å². The summed E-state index contributed by atoms with van der Waals surface area (Å²) in [4.78, 5) is 0. The van der Waals surface area contributed by atoms with Gasteiger partial charge in [-0.3, -0.25) is 0 Å². The van der Waals surface area contributed by atoms with Crippen LogP contribution in [0.25, 0.3) is 0 Å². The van der Waals surface area contributed by atoms with Gasteiger partial charge in [0.15, 0.2) is 6.29 Å². The number of methoxy groups -OCH3 is 1. The molecule has 1 aliphatic heterocycles. The maximum absolute atomic E-state index is 9.52. The normalized spacial score (nSPS) is 43.1. The Morgan fingerprint density at radius 1 is 1.43 bits per heavy atom. The summed E-state index contributed by atoms with van der Waals surface area (Å²) in [5, 5.41) is 27.6. The first-order valence-electron chi connectivity index (χ1n) is 4.02. The molecule has 1 unspecified atom stereocenters. The molecule has 0 saturated carbocycles. The molecule has 1 aliphatic rings. The molecular formula is C7H16ClNO5. The average Bonchev–Trinajstić information content (AvgIpc) is 2.12. The van der Waals surface area contributed by atoms with E-state index in [9.17, 15) is 10.2 Å². The summed E-state index contributed by atoms with van der Waals surface area (Å²) in [5.41, 5.74) is 5.50. The number of hydrogen-bond acceptors (Lipinski definition) is 6.